The lowest BCUT2D eigenvalue weighted by Crippen LogP contribution is -2.11. The number of hydrogen-bond acceptors (Lipinski definition) is 3. The summed E-state index contributed by atoms with van der Waals surface area (Å²) in [6.07, 6.45) is 8.91. The van der Waals surface area contributed by atoms with Crippen molar-refractivity contribution in [1.29, 1.82) is 0 Å². The van der Waals surface area contributed by atoms with E-state index in [1.54, 1.807) is 12.1 Å². The quantitative estimate of drug-likeness (QED) is 0.729. The minimum Gasteiger partial charge on any atom is -0.508 e. The molecule has 0 radical (unpaired) electrons. The van der Waals surface area contributed by atoms with Crippen LogP contribution in [0.25, 0.3) is 11.6 Å². The molecule has 0 saturated heterocycles. The maximum Gasteiger partial charge on any atom is 0.115 e. The van der Waals surface area contributed by atoms with Gasteiger partial charge in [0.2, 0.25) is 0 Å². The first kappa shape index (κ1) is 18.2. The molecule has 1 unspecified atom stereocenters. The van der Waals surface area contributed by atoms with E-state index >= 15 is 0 Å². The molecule has 0 saturated carbocycles. The van der Waals surface area contributed by atoms with Crippen LogP contribution in [0.4, 0.5) is 0 Å². The van der Waals surface area contributed by atoms with Crippen molar-refractivity contribution < 1.29 is 9.84 Å². The average Bonchev–Trinajstić information content (AvgIpc) is 3.15. The Bertz CT molecular complexity index is 804. The van der Waals surface area contributed by atoms with Crippen LogP contribution in [0.5, 0.6) is 5.75 Å². The Labute approximate surface area is 155 Å². The van der Waals surface area contributed by atoms with Gasteiger partial charge in [-0.3, -0.25) is 4.98 Å². The van der Waals surface area contributed by atoms with Crippen LogP contribution in [-0.4, -0.2) is 22.8 Å². The normalized spacial score (nSPS) is 17.2. The number of allylic oxidation sites excluding steroid dienone is 1. The first-order valence-corrected chi connectivity index (χ1v) is 9.08. The summed E-state index contributed by atoms with van der Waals surface area (Å²) in [6, 6.07) is 13.2. The van der Waals surface area contributed by atoms with Gasteiger partial charge in [-0.2, -0.15) is 0 Å². The Morgan fingerprint density at radius 1 is 1.27 bits per heavy atom. The van der Waals surface area contributed by atoms with Gasteiger partial charge >= 0.3 is 0 Å². The number of phenols is 1. The van der Waals surface area contributed by atoms with Gasteiger partial charge in [-0.15, -0.1) is 0 Å². The monoisotopic (exact) mass is 347 g/mol. The number of benzene rings is 1. The molecular weight excluding hydrogens is 322 g/mol. The number of hydrogen-bond donors (Lipinski definition) is 1. The molecular formula is C23H25NO2. The third-order valence-corrected chi connectivity index (χ3v) is 4.69. The summed E-state index contributed by atoms with van der Waals surface area (Å²) in [6.45, 7) is 6.96. The van der Waals surface area contributed by atoms with Gasteiger partial charge in [0.05, 0.1) is 18.4 Å². The van der Waals surface area contributed by atoms with Gasteiger partial charge < -0.3 is 9.84 Å². The van der Waals surface area contributed by atoms with E-state index in [-0.39, 0.29) is 11.9 Å². The number of aromatic nitrogens is 1. The molecule has 3 heteroatoms. The van der Waals surface area contributed by atoms with E-state index in [1.165, 1.54) is 5.57 Å². The van der Waals surface area contributed by atoms with Crippen molar-refractivity contribution in [2.24, 2.45) is 0 Å². The zero-order valence-electron chi connectivity index (χ0n) is 15.2. The highest BCUT2D eigenvalue weighted by atomic mass is 16.5. The number of aromatic hydroxyl groups is 1. The molecule has 0 spiro atoms. The van der Waals surface area contributed by atoms with Crippen LogP contribution in [-0.2, 0) is 4.74 Å². The zero-order valence-corrected chi connectivity index (χ0v) is 15.2. The minimum atomic E-state index is 0.106. The molecule has 1 N–H and O–H groups in total. The second kappa shape index (κ2) is 8.63. The molecule has 1 aliphatic heterocycles. The number of ether oxygens (including phenoxy) is 1. The maximum atomic E-state index is 9.50. The summed E-state index contributed by atoms with van der Waals surface area (Å²) < 4.78 is 5.91. The molecule has 134 valence electrons. The van der Waals surface area contributed by atoms with Gasteiger partial charge in [0.1, 0.15) is 5.75 Å². The first-order chi connectivity index (χ1) is 12.7. The van der Waals surface area contributed by atoms with Crippen LogP contribution in [0.2, 0.25) is 0 Å². The minimum absolute atomic E-state index is 0.106. The van der Waals surface area contributed by atoms with Gasteiger partial charge in [-0.25, -0.2) is 0 Å². The number of rotatable bonds is 7. The lowest BCUT2D eigenvalue weighted by Gasteiger charge is -2.17. The van der Waals surface area contributed by atoms with Crippen LogP contribution in [0.15, 0.2) is 72.5 Å². The second-order valence-electron chi connectivity index (χ2n) is 6.45. The summed E-state index contributed by atoms with van der Waals surface area (Å²) in [5.74, 6) is 0.272. The lowest BCUT2D eigenvalue weighted by atomic mass is 9.94. The van der Waals surface area contributed by atoms with Crippen molar-refractivity contribution >= 4 is 11.6 Å². The summed E-state index contributed by atoms with van der Waals surface area (Å²) in [5, 5.41) is 9.50. The molecule has 0 aliphatic carbocycles. The fraction of sp³-hybridized carbons (Fsp3) is 0.261. The molecule has 0 amide bonds. The third-order valence-electron chi connectivity index (χ3n) is 4.69. The maximum absolute atomic E-state index is 9.50. The Hall–Kier alpha value is -2.65. The molecule has 1 atom stereocenters. The van der Waals surface area contributed by atoms with Gasteiger partial charge in [0, 0.05) is 6.20 Å². The highest BCUT2D eigenvalue weighted by Crippen LogP contribution is 2.30. The van der Waals surface area contributed by atoms with E-state index < -0.39 is 0 Å². The smallest absolute Gasteiger partial charge is 0.115 e. The molecule has 26 heavy (non-hydrogen) atoms. The van der Waals surface area contributed by atoms with E-state index in [9.17, 15) is 5.11 Å². The lowest BCUT2D eigenvalue weighted by molar-refractivity contribution is 0.117. The summed E-state index contributed by atoms with van der Waals surface area (Å²) >= 11 is 0. The van der Waals surface area contributed by atoms with Crippen LogP contribution in [0, 0.1) is 0 Å². The SMILES string of the molecule is C=C(CC)C1=CCOC1CC/C(=C/c1ccc(O)cc1)c1ccccn1. The van der Waals surface area contributed by atoms with Crippen molar-refractivity contribution in [2.45, 2.75) is 32.3 Å². The first-order valence-electron chi connectivity index (χ1n) is 9.08. The molecule has 3 nitrogen and oxygen atoms in total. The van der Waals surface area contributed by atoms with Crippen molar-refractivity contribution in [3.05, 3.63) is 83.7 Å². The van der Waals surface area contributed by atoms with Crippen LogP contribution in [0.3, 0.4) is 0 Å². The molecule has 3 rings (SSSR count). The fourth-order valence-corrected chi connectivity index (χ4v) is 3.18. The number of pyridine rings is 1. The second-order valence-corrected chi connectivity index (χ2v) is 6.45. The Kier molecular flexibility index (Phi) is 6.03. The summed E-state index contributed by atoms with van der Waals surface area (Å²) in [4.78, 5) is 4.52. The molecule has 1 aromatic carbocycles. The fourth-order valence-electron chi connectivity index (χ4n) is 3.18. The summed E-state index contributed by atoms with van der Waals surface area (Å²) in [5.41, 5.74) is 5.59. The Morgan fingerprint density at radius 2 is 2.08 bits per heavy atom. The molecule has 1 aliphatic rings. The highest BCUT2D eigenvalue weighted by Gasteiger charge is 2.21. The van der Waals surface area contributed by atoms with Crippen LogP contribution >= 0.6 is 0 Å². The van der Waals surface area contributed by atoms with Crippen LogP contribution < -0.4 is 0 Å². The Morgan fingerprint density at radius 3 is 2.77 bits per heavy atom. The highest BCUT2D eigenvalue weighted by molar-refractivity contribution is 5.80. The molecule has 0 bridgehead atoms. The molecule has 1 aromatic heterocycles. The molecule has 2 heterocycles. The average molecular weight is 347 g/mol. The zero-order chi connectivity index (χ0) is 18.4. The van der Waals surface area contributed by atoms with Gasteiger partial charge in [-0.1, -0.05) is 37.8 Å². The molecule has 2 aromatic rings. The number of nitrogens with zero attached hydrogens (tertiary/aromatic N) is 1. The van der Waals surface area contributed by atoms with Crippen molar-refractivity contribution in [3.8, 4) is 5.75 Å². The summed E-state index contributed by atoms with van der Waals surface area (Å²) in [7, 11) is 0. The van der Waals surface area contributed by atoms with Crippen LogP contribution in [0.1, 0.15) is 37.4 Å². The molecule has 0 fully saturated rings. The van der Waals surface area contributed by atoms with Gasteiger partial charge in [0.25, 0.3) is 0 Å². The third kappa shape index (κ3) is 4.50. The van der Waals surface area contributed by atoms with E-state index in [0.29, 0.717) is 6.61 Å². The standard InChI is InChI=1S/C23H25NO2/c1-3-17(2)21-13-15-26-23(21)12-9-19(22-6-4-5-14-24-22)16-18-7-10-20(25)11-8-18/h4-8,10-11,13-14,16,23,25H,2-3,9,12,15H2,1H3/b19-16-. The van der Waals surface area contributed by atoms with Gasteiger partial charge in [-0.05, 0) is 71.9 Å². The Balaban J connectivity index is 1.80. The van der Waals surface area contributed by atoms with E-state index in [2.05, 4.69) is 30.6 Å². The van der Waals surface area contributed by atoms with E-state index in [1.807, 2.05) is 36.5 Å². The van der Waals surface area contributed by atoms with E-state index in [4.69, 9.17) is 4.74 Å². The topological polar surface area (TPSA) is 42.4 Å². The predicted octanol–water partition coefficient (Wildman–Crippen LogP) is 5.40. The largest absolute Gasteiger partial charge is 0.508 e. The number of phenolic OH excluding ortho intramolecular Hbond substituents is 1. The predicted molar refractivity (Wildman–Crippen MR) is 107 cm³/mol. The van der Waals surface area contributed by atoms with Gasteiger partial charge in [0.15, 0.2) is 0 Å². The van der Waals surface area contributed by atoms with Crippen molar-refractivity contribution in [3.63, 3.8) is 0 Å². The van der Waals surface area contributed by atoms with E-state index in [0.717, 1.165) is 41.7 Å². The van der Waals surface area contributed by atoms with Crippen molar-refractivity contribution in [2.75, 3.05) is 6.61 Å². The van der Waals surface area contributed by atoms with Crippen molar-refractivity contribution in [1.82, 2.24) is 4.98 Å².